The summed E-state index contributed by atoms with van der Waals surface area (Å²) in [6.45, 7) is 1.77. The van der Waals surface area contributed by atoms with E-state index in [9.17, 15) is 4.79 Å². The van der Waals surface area contributed by atoms with Crippen LogP contribution < -0.4 is 5.32 Å². The first-order chi connectivity index (χ1) is 5.33. The second kappa shape index (κ2) is 3.55. The summed E-state index contributed by atoms with van der Waals surface area (Å²) >= 11 is 0. The van der Waals surface area contributed by atoms with E-state index >= 15 is 0 Å². The lowest BCUT2D eigenvalue weighted by molar-refractivity contribution is -0.111. The van der Waals surface area contributed by atoms with Crippen molar-refractivity contribution in [3.05, 3.63) is 24.5 Å². The number of nitrogens with zero attached hydrogens (tertiary/aromatic N) is 1. The molecular formula is C7H8N2O2. The van der Waals surface area contributed by atoms with Gasteiger partial charge < -0.3 is 9.84 Å². The van der Waals surface area contributed by atoms with Crippen LogP contribution in [-0.4, -0.2) is 11.1 Å². The van der Waals surface area contributed by atoms with Gasteiger partial charge in [0.15, 0.2) is 5.82 Å². The van der Waals surface area contributed by atoms with Crippen LogP contribution in [0.5, 0.6) is 0 Å². The maximum atomic E-state index is 10.8. The lowest BCUT2D eigenvalue weighted by Gasteiger charge is -1.92. The Kier molecular flexibility index (Phi) is 2.43. The highest BCUT2D eigenvalue weighted by Crippen LogP contribution is 2.00. The number of hydrogen-bond donors (Lipinski definition) is 1. The van der Waals surface area contributed by atoms with Gasteiger partial charge in [-0.05, 0) is 13.0 Å². The number of aromatic nitrogens is 1. The zero-order chi connectivity index (χ0) is 8.10. The lowest BCUT2D eigenvalue weighted by Crippen LogP contribution is -2.07. The van der Waals surface area contributed by atoms with Gasteiger partial charge >= 0.3 is 0 Å². The second-order valence-electron chi connectivity index (χ2n) is 1.87. The second-order valence-corrected chi connectivity index (χ2v) is 1.87. The average Bonchev–Trinajstić information content (AvgIpc) is 2.40. The fourth-order valence-electron chi connectivity index (χ4n) is 0.596. The van der Waals surface area contributed by atoms with Crippen LogP contribution in [0.1, 0.15) is 6.92 Å². The quantitative estimate of drug-likeness (QED) is 0.647. The SMILES string of the molecule is C/C=C/C(=O)Nc1ccon1. The van der Waals surface area contributed by atoms with Crippen molar-refractivity contribution in [2.45, 2.75) is 6.92 Å². The Morgan fingerprint density at radius 3 is 3.18 bits per heavy atom. The Bertz CT molecular complexity index is 251. The van der Waals surface area contributed by atoms with Gasteiger partial charge in [0.1, 0.15) is 6.26 Å². The molecule has 0 saturated carbocycles. The maximum absolute atomic E-state index is 10.8. The summed E-state index contributed by atoms with van der Waals surface area (Å²) in [4.78, 5) is 10.8. The third-order valence-electron chi connectivity index (χ3n) is 1.01. The minimum absolute atomic E-state index is 0.207. The standard InChI is InChI=1S/C7H8N2O2/c1-2-3-7(10)8-6-4-5-11-9-6/h2-5H,1H3,(H,8,9,10)/b3-2+. The molecule has 0 aliphatic carbocycles. The first kappa shape index (κ1) is 7.53. The van der Waals surface area contributed by atoms with E-state index in [0.717, 1.165) is 0 Å². The lowest BCUT2D eigenvalue weighted by atomic mass is 10.5. The molecule has 1 aromatic heterocycles. The third-order valence-corrected chi connectivity index (χ3v) is 1.01. The number of allylic oxidation sites excluding steroid dienone is 1. The fraction of sp³-hybridized carbons (Fsp3) is 0.143. The van der Waals surface area contributed by atoms with Gasteiger partial charge in [0.05, 0.1) is 0 Å². The van der Waals surface area contributed by atoms with Gasteiger partial charge in [0, 0.05) is 6.07 Å². The van der Waals surface area contributed by atoms with Crippen molar-refractivity contribution in [3.8, 4) is 0 Å². The Morgan fingerprint density at radius 2 is 2.64 bits per heavy atom. The molecule has 0 radical (unpaired) electrons. The molecule has 1 N–H and O–H groups in total. The Labute approximate surface area is 63.9 Å². The highest BCUT2D eigenvalue weighted by molar-refractivity contribution is 5.98. The highest BCUT2D eigenvalue weighted by atomic mass is 16.5. The summed E-state index contributed by atoms with van der Waals surface area (Å²) < 4.78 is 4.50. The van der Waals surface area contributed by atoms with Crippen molar-refractivity contribution in [3.63, 3.8) is 0 Å². The van der Waals surface area contributed by atoms with Crippen LogP contribution in [-0.2, 0) is 4.79 Å². The molecule has 1 amide bonds. The fourth-order valence-corrected chi connectivity index (χ4v) is 0.596. The van der Waals surface area contributed by atoms with Crippen molar-refractivity contribution < 1.29 is 9.32 Å². The first-order valence-corrected chi connectivity index (χ1v) is 3.17. The Morgan fingerprint density at radius 1 is 1.82 bits per heavy atom. The van der Waals surface area contributed by atoms with Crippen molar-refractivity contribution in [2.24, 2.45) is 0 Å². The molecule has 11 heavy (non-hydrogen) atoms. The summed E-state index contributed by atoms with van der Waals surface area (Å²) in [5, 5.41) is 5.99. The first-order valence-electron chi connectivity index (χ1n) is 3.17. The Balaban J connectivity index is 2.50. The molecule has 0 saturated heterocycles. The van der Waals surface area contributed by atoms with Crippen LogP contribution in [0.25, 0.3) is 0 Å². The van der Waals surface area contributed by atoms with E-state index in [0.29, 0.717) is 5.82 Å². The molecule has 0 aliphatic rings. The zero-order valence-corrected chi connectivity index (χ0v) is 6.07. The molecule has 1 rings (SSSR count). The largest absolute Gasteiger partial charge is 0.363 e. The molecule has 0 fully saturated rings. The molecule has 1 heterocycles. The van der Waals surface area contributed by atoms with E-state index in [2.05, 4.69) is 15.0 Å². The maximum Gasteiger partial charge on any atom is 0.249 e. The molecule has 0 aliphatic heterocycles. The summed E-state index contributed by atoms with van der Waals surface area (Å²) in [5.41, 5.74) is 0. The Hall–Kier alpha value is -1.58. The van der Waals surface area contributed by atoms with E-state index in [1.54, 1.807) is 19.1 Å². The molecule has 0 atom stereocenters. The van der Waals surface area contributed by atoms with Crippen LogP contribution in [0.15, 0.2) is 29.0 Å². The van der Waals surface area contributed by atoms with E-state index in [-0.39, 0.29) is 5.91 Å². The van der Waals surface area contributed by atoms with Gasteiger partial charge in [0.2, 0.25) is 5.91 Å². The van der Waals surface area contributed by atoms with E-state index < -0.39 is 0 Å². The van der Waals surface area contributed by atoms with Crippen molar-refractivity contribution >= 4 is 11.7 Å². The van der Waals surface area contributed by atoms with Crippen LogP contribution in [0.2, 0.25) is 0 Å². The van der Waals surface area contributed by atoms with Crippen LogP contribution in [0.3, 0.4) is 0 Å². The van der Waals surface area contributed by atoms with Gasteiger partial charge in [-0.1, -0.05) is 11.2 Å². The smallest absolute Gasteiger partial charge is 0.249 e. The highest BCUT2D eigenvalue weighted by Gasteiger charge is 1.97. The molecule has 0 spiro atoms. The molecular weight excluding hydrogens is 144 g/mol. The summed E-state index contributed by atoms with van der Waals surface area (Å²) in [6, 6.07) is 1.57. The normalized spacial score (nSPS) is 10.3. The minimum atomic E-state index is -0.207. The number of nitrogens with one attached hydrogen (secondary N) is 1. The molecule has 0 bridgehead atoms. The van der Waals surface area contributed by atoms with Crippen molar-refractivity contribution in [2.75, 3.05) is 5.32 Å². The van der Waals surface area contributed by atoms with Crippen LogP contribution in [0, 0.1) is 0 Å². The van der Waals surface area contributed by atoms with Gasteiger partial charge in [0.25, 0.3) is 0 Å². The molecule has 4 nitrogen and oxygen atoms in total. The van der Waals surface area contributed by atoms with Crippen LogP contribution in [0.4, 0.5) is 5.82 Å². The van der Waals surface area contributed by atoms with Crippen LogP contribution >= 0.6 is 0 Å². The van der Waals surface area contributed by atoms with Gasteiger partial charge in [-0.15, -0.1) is 0 Å². The molecule has 0 aromatic carbocycles. The van der Waals surface area contributed by atoms with E-state index in [1.807, 2.05) is 0 Å². The zero-order valence-electron chi connectivity index (χ0n) is 6.07. The summed E-state index contributed by atoms with van der Waals surface area (Å²) in [7, 11) is 0. The predicted octanol–water partition coefficient (Wildman–Crippen LogP) is 1.19. The van der Waals surface area contributed by atoms with E-state index in [4.69, 9.17) is 0 Å². The van der Waals surface area contributed by atoms with Crippen molar-refractivity contribution in [1.29, 1.82) is 0 Å². The monoisotopic (exact) mass is 152 g/mol. The number of carbonyl (C=O) groups excluding carboxylic acids is 1. The van der Waals surface area contributed by atoms with Crippen molar-refractivity contribution in [1.82, 2.24) is 5.16 Å². The van der Waals surface area contributed by atoms with Gasteiger partial charge in [-0.2, -0.15) is 0 Å². The predicted molar refractivity (Wildman–Crippen MR) is 39.9 cm³/mol. The van der Waals surface area contributed by atoms with E-state index in [1.165, 1.54) is 12.3 Å². The molecule has 58 valence electrons. The number of anilines is 1. The van der Waals surface area contributed by atoms with Gasteiger partial charge in [-0.3, -0.25) is 4.79 Å². The summed E-state index contributed by atoms with van der Waals surface area (Å²) in [6.07, 6.45) is 4.45. The number of rotatable bonds is 2. The molecule has 1 aromatic rings. The van der Waals surface area contributed by atoms with Gasteiger partial charge in [-0.25, -0.2) is 0 Å². The topological polar surface area (TPSA) is 55.1 Å². The summed E-state index contributed by atoms with van der Waals surface area (Å²) in [5.74, 6) is 0.217. The third kappa shape index (κ3) is 2.25. The average molecular weight is 152 g/mol. The molecule has 4 heteroatoms. The number of hydrogen-bond acceptors (Lipinski definition) is 3. The number of carbonyl (C=O) groups is 1. The molecule has 0 unspecified atom stereocenters. The minimum Gasteiger partial charge on any atom is -0.363 e. The number of amides is 1.